The summed E-state index contributed by atoms with van der Waals surface area (Å²) in [5, 5.41) is 10.2. The summed E-state index contributed by atoms with van der Waals surface area (Å²) >= 11 is 0. The summed E-state index contributed by atoms with van der Waals surface area (Å²) in [6.45, 7) is 1.77. The van der Waals surface area contributed by atoms with Crippen molar-refractivity contribution in [3.05, 3.63) is 102 Å². The maximum Gasteiger partial charge on any atom is 0.215 e. The maximum atomic E-state index is 13.4. The van der Waals surface area contributed by atoms with Crippen molar-refractivity contribution in [2.24, 2.45) is 0 Å². The average molecular weight is 455 g/mol. The van der Waals surface area contributed by atoms with Gasteiger partial charge in [-0.25, -0.2) is 9.97 Å². The number of carbonyl (C=O) groups is 1. The van der Waals surface area contributed by atoms with E-state index in [1.54, 1.807) is 36.5 Å². The molecule has 6 heteroatoms. The van der Waals surface area contributed by atoms with Crippen LogP contribution in [0.4, 0.5) is 11.6 Å². The Labute approximate surface area is 201 Å². The SMILES string of the molecule is Nc1ncc(-c2ccccc2O)cc1C(=O)c1cccc(N2CCCC(c3ccccc3)C2)n1.[HH].[HH]. The average Bonchev–Trinajstić information content (AvgIpc) is 2.90. The van der Waals surface area contributed by atoms with Crippen molar-refractivity contribution in [2.45, 2.75) is 18.8 Å². The van der Waals surface area contributed by atoms with E-state index in [0.29, 0.717) is 22.7 Å². The number of nitrogens with two attached hydrogens (primary N) is 1. The number of nitrogens with zero attached hydrogens (tertiary/aromatic N) is 3. The highest BCUT2D eigenvalue weighted by atomic mass is 16.3. The number of rotatable bonds is 5. The third kappa shape index (κ3) is 4.35. The van der Waals surface area contributed by atoms with Crippen LogP contribution >= 0.6 is 0 Å². The predicted octanol–water partition coefficient (Wildman–Crippen LogP) is 5.54. The van der Waals surface area contributed by atoms with Gasteiger partial charge in [0.1, 0.15) is 23.1 Å². The van der Waals surface area contributed by atoms with E-state index < -0.39 is 0 Å². The fraction of sp³-hybridized carbons (Fsp3) is 0.179. The molecule has 4 aromatic rings. The molecule has 1 aliphatic rings. The van der Waals surface area contributed by atoms with Gasteiger partial charge in [-0.2, -0.15) is 0 Å². The Hall–Kier alpha value is -4.19. The monoisotopic (exact) mass is 454 g/mol. The third-order valence-corrected chi connectivity index (χ3v) is 6.36. The summed E-state index contributed by atoms with van der Waals surface area (Å²) < 4.78 is 0. The second-order valence-corrected chi connectivity index (χ2v) is 8.58. The number of para-hydroxylation sites is 1. The van der Waals surface area contributed by atoms with Gasteiger partial charge < -0.3 is 15.7 Å². The Kier molecular flexibility index (Phi) is 5.95. The number of phenols is 1. The van der Waals surface area contributed by atoms with Crippen molar-refractivity contribution in [3.8, 4) is 16.9 Å². The molecule has 0 saturated carbocycles. The summed E-state index contributed by atoms with van der Waals surface area (Å²) in [5.74, 6) is 1.19. The van der Waals surface area contributed by atoms with Gasteiger partial charge in [0.15, 0.2) is 0 Å². The number of ketones is 1. The quantitative estimate of drug-likeness (QED) is 0.385. The zero-order valence-corrected chi connectivity index (χ0v) is 18.8. The van der Waals surface area contributed by atoms with Crippen molar-refractivity contribution < 1.29 is 12.8 Å². The normalized spacial score (nSPS) is 15.8. The first-order valence-electron chi connectivity index (χ1n) is 11.5. The minimum Gasteiger partial charge on any atom is -0.507 e. The maximum absolute atomic E-state index is 13.4. The number of benzene rings is 2. The molecule has 1 fully saturated rings. The number of piperidine rings is 1. The number of anilines is 2. The first kappa shape index (κ1) is 21.6. The van der Waals surface area contributed by atoms with Crippen LogP contribution in [0.3, 0.4) is 0 Å². The van der Waals surface area contributed by atoms with E-state index in [0.717, 1.165) is 31.7 Å². The topological polar surface area (TPSA) is 92.3 Å². The lowest BCUT2D eigenvalue weighted by atomic mass is 9.90. The molecule has 1 atom stereocenters. The fourth-order valence-electron chi connectivity index (χ4n) is 4.57. The van der Waals surface area contributed by atoms with Gasteiger partial charge in [-0.3, -0.25) is 4.79 Å². The van der Waals surface area contributed by atoms with Crippen LogP contribution in [0.1, 0.15) is 43.2 Å². The van der Waals surface area contributed by atoms with Crippen molar-refractivity contribution in [2.75, 3.05) is 23.7 Å². The van der Waals surface area contributed by atoms with Crippen molar-refractivity contribution >= 4 is 17.4 Å². The minimum atomic E-state index is -0.291. The number of pyridine rings is 2. The van der Waals surface area contributed by atoms with Crippen LogP contribution < -0.4 is 10.6 Å². The van der Waals surface area contributed by atoms with Gasteiger partial charge in [0, 0.05) is 39.2 Å². The molecule has 3 heterocycles. The zero-order chi connectivity index (χ0) is 23.5. The molecule has 0 aliphatic carbocycles. The smallest absolute Gasteiger partial charge is 0.215 e. The summed E-state index contributed by atoms with van der Waals surface area (Å²) in [6.07, 6.45) is 3.77. The molecule has 3 N–H and O–H groups in total. The number of hydrogen-bond donors (Lipinski definition) is 2. The van der Waals surface area contributed by atoms with E-state index in [9.17, 15) is 9.90 Å². The molecule has 0 spiro atoms. The van der Waals surface area contributed by atoms with E-state index in [2.05, 4.69) is 34.1 Å². The molecule has 0 bridgehead atoms. The van der Waals surface area contributed by atoms with E-state index >= 15 is 0 Å². The van der Waals surface area contributed by atoms with E-state index in [1.807, 2.05) is 24.3 Å². The van der Waals surface area contributed by atoms with E-state index in [4.69, 9.17) is 10.7 Å². The second kappa shape index (κ2) is 9.35. The molecule has 1 unspecified atom stereocenters. The van der Waals surface area contributed by atoms with Gasteiger partial charge in [-0.1, -0.05) is 54.6 Å². The van der Waals surface area contributed by atoms with Crippen LogP contribution in [0.25, 0.3) is 11.1 Å². The Morgan fingerprint density at radius 3 is 2.65 bits per heavy atom. The zero-order valence-electron chi connectivity index (χ0n) is 18.8. The largest absolute Gasteiger partial charge is 0.507 e. The van der Waals surface area contributed by atoms with Crippen LogP contribution in [-0.4, -0.2) is 33.9 Å². The first-order chi connectivity index (χ1) is 16.6. The molecule has 1 aliphatic heterocycles. The van der Waals surface area contributed by atoms with Gasteiger partial charge in [0.05, 0.1) is 5.56 Å². The first-order valence-corrected chi connectivity index (χ1v) is 11.5. The predicted molar refractivity (Wildman–Crippen MR) is 138 cm³/mol. The summed E-state index contributed by atoms with van der Waals surface area (Å²) in [5.41, 5.74) is 9.21. The lowest BCUT2D eigenvalue weighted by molar-refractivity contribution is 0.103. The van der Waals surface area contributed by atoms with Gasteiger partial charge in [-0.05, 0) is 42.7 Å². The van der Waals surface area contributed by atoms with Crippen LogP contribution in [0.15, 0.2) is 85.1 Å². The molecular weight excluding hydrogens is 424 g/mol. The molecule has 0 amide bonds. The van der Waals surface area contributed by atoms with Crippen molar-refractivity contribution in [1.29, 1.82) is 0 Å². The van der Waals surface area contributed by atoms with Gasteiger partial charge in [0.2, 0.25) is 5.78 Å². The Balaban J connectivity index is 0.00000180. The number of hydrogen-bond acceptors (Lipinski definition) is 6. The molecule has 2 aromatic heterocycles. The standard InChI is InChI=1S/C28H26N4O2.2H2/c29-28-23(16-21(17-30-28)22-11-4-5-13-25(22)33)27(34)24-12-6-14-26(31-24)32-15-7-10-20(18-32)19-8-2-1-3-9-19;;/h1-6,8-9,11-14,16-17,20,33H,7,10,15,18H2,(H2,29,30);2*1H. The fourth-order valence-corrected chi connectivity index (χ4v) is 4.57. The molecule has 0 radical (unpaired) electrons. The molecule has 174 valence electrons. The molecule has 6 nitrogen and oxygen atoms in total. The molecular formula is C28H30N4O2. The summed E-state index contributed by atoms with van der Waals surface area (Å²) in [4.78, 5) is 24.6. The highest BCUT2D eigenvalue weighted by Crippen LogP contribution is 2.31. The third-order valence-electron chi connectivity index (χ3n) is 6.36. The number of carbonyl (C=O) groups excluding carboxylic acids is 1. The lowest BCUT2D eigenvalue weighted by Gasteiger charge is -2.34. The molecule has 1 saturated heterocycles. The second-order valence-electron chi connectivity index (χ2n) is 8.58. The Bertz CT molecular complexity index is 1330. The lowest BCUT2D eigenvalue weighted by Crippen LogP contribution is -2.35. The Morgan fingerprint density at radius 1 is 1.03 bits per heavy atom. The van der Waals surface area contributed by atoms with E-state index in [-0.39, 0.29) is 25.8 Å². The Morgan fingerprint density at radius 2 is 1.82 bits per heavy atom. The van der Waals surface area contributed by atoms with Crippen LogP contribution in [-0.2, 0) is 0 Å². The minimum absolute atomic E-state index is 0. The molecule has 2 aromatic carbocycles. The van der Waals surface area contributed by atoms with Crippen LogP contribution in [0, 0.1) is 0 Å². The highest BCUT2D eigenvalue weighted by Gasteiger charge is 2.23. The number of nitrogen functional groups attached to an aromatic ring is 1. The van der Waals surface area contributed by atoms with Crippen molar-refractivity contribution in [3.63, 3.8) is 0 Å². The number of phenolic OH excluding ortho intramolecular Hbond substituents is 1. The van der Waals surface area contributed by atoms with Gasteiger partial charge >= 0.3 is 0 Å². The van der Waals surface area contributed by atoms with E-state index in [1.165, 1.54) is 5.56 Å². The molecule has 34 heavy (non-hydrogen) atoms. The number of aromatic nitrogens is 2. The van der Waals surface area contributed by atoms with Crippen LogP contribution in [0.5, 0.6) is 5.75 Å². The van der Waals surface area contributed by atoms with Gasteiger partial charge in [0.25, 0.3) is 0 Å². The number of aromatic hydroxyl groups is 1. The highest BCUT2D eigenvalue weighted by molar-refractivity contribution is 6.11. The van der Waals surface area contributed by atoms with Gasteiger partial charge in [-0.15, -0.1) is 0 Å². The van der Waals surface area contributed by atoms with Crippen molar-refractivity contribution in [1.82, 2.24) is 9.97 Å². The summed E-state index contributed by atoms with van der Waals surface area (Å²) in [6, 6.07) is 24.7. The summed E-state index contributed by atoms with van der Waals surface area (Å²) in [7, 11) is 0. The molecule has 5 rings (SSSR count). The van der Waals surface area contributed by atoms with Crippen LogP contribution in [0.2, 0.25) is 0 Å².